The first-order valence-corrected chi connectivity index (χ1v) is 8.12. The van der Waals surface area contributed by atoms with E-state index in [9.17, 15) is 4.79 Å². The highest BCUT2D eigenvalue weighted by Gasteiger charge is 2.35. The van der Waals surface area contributed by atoms with Gasteiger partial charge in [-0.2, -0.15) is 0 Å². The van der Waals surface area contributed by atoms with E-state index in [1.54, 1.807) is 0 Å². The van der Waals surface area contributed by atoms with Gasteiger partial charge in [0.25, 0.3) is 0 Å². The molecule has 0 bridgehead atoms. The molecular weight excluding hydrogens is 252 g/mol. The van der Waals surface area contributed by atoms with E-state index < -0.39 is 5.54 Å². The van der Waals surface area contributed by atoms with E-state index in [0.717, 1.165) is 32.0 Å². The van der Waals surface area contributed by atoms with Crippen molar-refractivity contribution < 1.29 is 9.53 Å². The maximum absolute atomic E-state index is 12.2. The second-order valence-corrected chi connectivity index (χ2v) is 6.31. The third-order valence-electron chi connectivity index (χ3n) is 3.92. The van der Waals surface area contributed by atoms with Crippen molar-refractivity contribution in [2.45, 2.75) is 77.9 Å². The summed E-state index contributed by atoms with van der Waals surface area (Å²) in [4.78, 5) is 14.7. The predicted octanol–water partition coefficient (Wildman–Crippen LogP) is 2.57. The van der Waals surface area contributed by atoms with E-state index in [1.165, 1.54) is 12.8 Å². The highest BCUT2D eigenvalue weighted by molar-refractivity contribution is 5.80. The van der Waals surface area contributed by atoms with Crippen LogP contribution in [-0.4, -0.2) is 48.2 Å². The van der Waals surface area contributed by atoms with Crippen molar-refractivity contribution in [3.63, 3.8) is 0 Å². The summed E-state index contributed by atoms with van der Waals surface area (Å²) in [7, 11) is 0. The first-order valence-electron chi connectivity index (χ1n) is 8.12. The minimum absolute atomic E-state index is 0.122. The zero-order valence-electron chi connectivity index (χ0n) is 13.9. The Morgan fingerprint density at radius 2 is 2.05 bits per heavy atom. The Labute approximate surface area is 124 Å². The Hall–Kier alpha value is -0.610. The molecule has 1 aliphatic rings. The summed E-state index contributed by atoms with van der Waals surface area (Å²) < 4.78 is 5.24. The minimum atomic E-state index is -0.562. The fourth-order valence-electron chi connectivity index (χ4n) is 2.83. The lowest BCUT2D eigenvalue weighted by atomic mass is 9.94. The molecule has 0 amide bonds. The standard InChI is InChI=1S/C16H32N2O2/c1-6-18(14-9-10-14)12-8-11-16(5,17-13(3)4)15(19)20-7-2/h13-14,17H,6-12H2,1-5H3. The van der Waals surface area contributed by atoms with Crippen LogP contribution < -0.4 is 5.32 Å². The van der Waals surface area contributed by atoms with Crippen molar-refractivity contribution in [1.29, 1.82) is 0 Å². The molecule has 0 aromatic carbocycles. The molecule has 1 aliphatic carbocycles. The monoisotopic (exact) mass is 284 g/mol. The third-order valence-corrected chi connectivity index (χ3v) is 3.92. The summed E-state index contributed by atoms with van der Waals surface area (Å²) in [6, 6.07) is 1.07. The molecule has 20 heavy (non-hydrogen) atoms. The van der Waals surface area contributed by atoms with Crippen molar-refractivity contribution in [2.24, 2.45) is 0 Å². The normalized spacial score (nSPS) is 18.4. The zero-order valence-corrected chi connectivity index (χ0v) is 13.9. The molecule has 1 atom stereocenters. The molecule has 4 heteroatoms. The number of esters is 1. The van der Waals surface area contributed by atoms with Crippen LogP contribution in [0.2, 0.25) is 0 Å². The van der Waals surface area contributed by atoms with E-state index in [-0.39, 0.29) is 12.0 Å². The van der Waals surface area contributed by atoms with E-state index in [0.29, 0.717) is 6.61 Å². The summed E-state index contributed by atoms with van der Waals surface area (Å²) >= 11 is 0. The van der Waals surface area contributed by atoms with E-state index >= 15 is 0 Å². The van der Waals surface area contributed by atoms with Gasteiger partial charge in [0, 0.05) is 12.1 Å². The largest absolute Gasteiger partial charge is 0.465 e. The van der Waals surface area contributed by atoms with E-state index in [4.69, 9.17) is 4.74 Å². The number of hydrogen-bond acceptors (Lipinski definition) is 4. The quantitative estimate of drug-likeness (QED) is 0.626. The van der Waals surface area contributed by atoms with E-state index in [2.05, 4.69) is 31.0 Å². The maximum Gasteiger partial charge on any atom is 0.326 e. The van der Waals surface area contributed by atoms with Gasteiger partial charge in [-0.15, -0.1) is 0 Å². The summed E-state index contributed by atoms with van der Waals surface area (Å²) in [6.07, 6.45) is 4.53. The molecule has 1 unspecified atom stereocenters. The van der Waals surface area contributed by atoms with Crippen LogP contribution in [0.1, 0.15) is 60.3 Å². The Morgan fingerprint density at radius 1 is 1.40 bits per heavy atom. The Bertz CT molecular complexity index is 303. The first-order chi connectivity index (χ1) is 9.42. The van der Waals surface area contributed by atoms with Gasteiger partial charge in [0.1, 0.15) is 5.54 Å². The molecule has 0 aliphatic heterocycles. The molecule has 0 spiro atoms. The maximum atomic E-state index is 12.2. The second-order valence-electron chi connectivity index (χ2n) is 6.31. The van der Waals surface area contributed by atoms with Crippen molar-refractivity contribution in [3.8, 4) is 0 Å². The molecule has 0 saturated heterocycles. The summed E-state index contributed by atoms with van der Waals surface area (Å²) in [5, 5.41) is 3.38. The predicted molar refractivity (Wildman–Crippen MR) is 82.8 cm³/mol. The fourth-order valence-corrected chi connectivity index (χ4v) is 2.83. The van der Waals surface area contributed by atoms with Crippen LogP contribution >= 0.6 is 0 Å². The van der Waals surface area contributed by atoms with Crippen LogP contribution in [0.15, 0.2) is 0 Å². The Morgan fingerprint density at radius 3 is 2.50 bits per heavy atom. The highest BCUT2D eigenvalue weighted by Crippen LogP contribution is 2.27. The van der Waals surface area contributed by atoms with Gasteiger partial charge in [0.15, 0.2) is 0 Å². The molecule has 0 aromatic rings. The number of carbonyl (C=O) groups is 1. The van der Waals surface area contributed by atoms with Gasteiger partial charge in [0.2, 0.25) is 0 Å². The molecule has 1 rings (SSSR count). The second kappa shape index (κ2) is 7.99. The van der Waals surface area contributed by atoms with Gasteiger partial charge in [-0.25, -0.2) is 0 Å². The van der Waals surface area contributed by atoms with Crippen molar-refractivity contribution in [3.05, 3.63) is 0 Å². The lowest BCUT2D eigenvalue weighted by Crippen LogP contribution is -2.53. The lowest BCUT2D eigenvalue weighted by molar-refractivity contribution is -0.151. The minimum Gasteiger partial charge on any atom is -0.465 e. The molecular formula is C16H32N2O2. The van der Waals surface area contributed by atoms with Crippen LogP contribution in [0, 0.1) is 0 Å². The molecule has 1 N–H and O–H groups in total. The number of ether oxygens (including phenoxy) is 1. The van der Waals surface area contributed by atoms with Gasteiger partial charge in [-0.3, -0.25) is 10.1 Å². The van der Waals surface area contributed by atoms with Gasteiger partial charge >= 0.3 is 5.97 Å². The topological polar surface area (TPSA) is 41.6 Å². The van der Waals surface area contributed by atoms with Gasteiger partial charge in [-0.1, -0.05) is 6.92 Å². The van der Waals surface area contributed by atoms with Crippen LogP contribution in [0.5, 0.6) is 0 Å². The van der Waals surface area contributed by atoms with Crippen molar-refractivity contribution in [2.75, 3.05) is 19.7 Å². The molecule has 4 nitrogen and oxygen atoms in total. The smallest absolute Gasteiger partial charge is 0.326 e. The molecule has 1 fully saturated rings. The van der Waals surface area contributed by atoms with Gasteiger partial charge < -0.3 is 9.64 Å². The number of nitrogens with zero attached hydrogens (tertiary/aromatic N) is 1. The molecule has 118 valence electrons. The zero-order chi connectivity index (χ0) is 15.2. The van der Waals surface area contributed by atoms with Crippen molar-refractivity contribution >= 4 is 5.97 Å². The van der Waals surface area contributed by atoms with Crippen LogP contribution in [0.3, 0.4) is 0 Å². The first kappa shape index (κ1) is 17.4. The van der Waals surface area contributed by atoms with Crippen LogP contribution in [-0.2, 0) is 9.53 Å². The lowest BCUT2D eigenvalue weighted by Gasteiger charge is -2.31. The molecule has 0 heterocycles. The Kier molecular flexibility index (Phi) is 6.96. The Balaban J connectivity index is 2.48. The summed E-state index contributed by atoms with van der Waals surface area (Å²) in [5.41, 5.74) is -0.562. The SMILES string of the molecule is CCOC(=O)C(C)(CCCN(CC)C1CC1)NC(C)C. The number of hydrogen-bond donors (Lipinski definition) is 1. The number of rotatable bonds is 10. The number of nitrogens with one attached hydrogen (secondary N) is 1. The van der Waals surface area contributed by atoms with Gasteiger partial charge in [0.05, 0.1) is 6.61 Å². The highest BCUT2D eigenvalue weighted by atomic mass is 16.5. The number of carbonyl (C=O) groups excluding carboxylic acids is 1. The fraction of sp³-hybridized carbons (Fsp3) is 0.938. The molecule has 1 saturated carbocycles. The average molecular weight is 284 g/mol. The molecule has 0 radical (unpaired) electrons. The summed E-state index contributed by atoms with van der Waals surface area (Å²) in [6.45, 7) is 12.8. The van der Waals surface area contributed by atoms with Crippen LogP contribution in [0.4, 0.5) is 0 Å². The van der Waals surface area contributed by atoms with Gasteiger partial charge in [-0.05, 0) is 66.5 Å². The summed E-state index contributed by atoms with van der Waals surface area (Å²) in [5.74, 6) is -0.122. The average Bonchev–Trinajstić information content (AvgIpc) is 3.18. The van der Waals surface area contributed by atoms with E-state index in [1.807, 2.05) is 13.8 Å². The molecule has 0 aromatic heterocycles. The van der Waals surface area contributed by atoms with Crippen LogP contribution in [0.25, 0.3) is 0 Å². The van der Waals surface area contributed by atoms with Crippen molar-refractivity contribution in [1.82, 2.24) is 10.2 Å². The third kappa shape index (κ3) is 5.41.